The molecule has 4 heteroatoms. The second kappa shape index (κ2) is 3.67. The van der Waals surface area contributed by atoms with Gasteiger partial charge in [-0.2, -0.15) is 0 Å². The van der Waals surface area contributed by atoms with Gasteiger partial charge in [0.2, 0.25) is 0 Å². The van der Waals surface area contributed by atoms with Gasteiger partial charge < -0.3 is 10.2 Å². The minimum absolute atomic E-state index is 0.148. The maximum absolute atomic E-state index is 5.97. The zero-order valence-electron chi connectivity index (χ0n) is 8.34. The first-order valence-corrected chi connectivity index (χ1v) is 5.01. The van der Waals surface area contributed by atoms with Crippen LogP contribution in [0.5, 0.6) is 0 Å². The molecule has 0 aliphatic carbocycles. The van der Waals surface area contributed by atoms with Gasteiger partial charge in [-0.25, -0.2) is 0 Å². The topological polar surface area (TPSA) is 27.3 Å². The van der Waals surface area contributed by atoms with Gasteiger partial charge in [0.1, 0.15) is 11.3 Å². The molecular formula is C10H14ClN3. The molecule has 0 fully saturated rings. The van der Waals surface area contributed by atoms with Gasteiger partial charge in [-0.05, 0) is 36.5 Å². The Bertz CT molecular complexity index is 330. The van der Waals surface area contributed by atoms with E-state index >= 15 is 0 Å². The number of rotatable bonds is 1. The lowest BCUT2D eigenvalue weighted by molar-refractivity contribution is 0.441. The Morgan fingerprint density at radius 2 is 2.43 bits per heavy atom. The summed E-state index contributed by atoms with van der Waals surface area (Å²) in [4.78, 5) is 2.15. The van der Waals surface area contributed by atoms with Gasteiger partial charge in [-0.15, -0.1) is 0 Å². The van der Waals surface area contributed by atoms with Crippen molar-refractivity contribution in [2.75, 3.05) is 20.6 Å². The lowest BCUT2D eigenvalue weighted by Crippen LogP contribution is -2.45. The van der Waals surface area contributed by atoms with E-state index in [-0.39, 0.29) is 6.17 Å². The Labute approximate surface area is 89.1 Å². The summed E-state index contributed by atoms with van der Waals surface area (Å²) in [7, 11) is 3.99. The molecule has 3 nitrogen and oxygen atoms in total. The minimum atomic E-state index is 0.148. The minimum Gasteiger partial charge on any atom is -0.376 e. The van der Waals surface area contributed by atoms with Crippen LogP contribution in [0.2, 0.25) is 0 Å². The van der Waals surface area contributed by atoms with Gasteiger partial charge in [0.05, 0.1) is 0 Å². The fourth-order valence-electron chi connectivity index (χ4n) is 1.78. The molecule has 2 aliphatic heterocycles. The molecule has 0 spiro atoms. The van der Waals surface area contributed by atoms with Crippen molar-refractivity contribution in [1.82, 2.24) is 15.5 Å². The Morgan fingerprint density at radius 1 is 1.64 bits per heavy atom. The van der Waals surface area contributed by atoms with Crippen molar-refractivity contribution in [2.24, 2.45) is 0 Å². The second-order valence-corrected chi connectivity index (χ2v) is 3.98. The van der Waals surface area contributed by atoms with Crippen LogP contribution in [0.25, 0.3) is 0 Å². The fourth-order valence-corrected chi connectivity index (χ4v) is 2.00. The highest BCUT2D eigenvalue weighted by Crippen LogP contribution is 2.23. The zero-order chi connectivity index (χ0) is 10.1. The largest absolute Gasteiger partial charge is 0.376 e. The van der Waals surface area contributed by atoms with E-state index in [0.29, 0.717) is 5.16 Å². The van der Waals surface area contributed by atoms with Gasteiger partial charge in [-0.3, -0.25) is 5.32 Å². The zero-order valence-corrected chi connectivity index (χ0v) is 9.10. The maximum Gasteiger partial charge on any atom is 0.104 e. The first kappa shape index (κ1) is 9.62. The summed E-state index contributed by atoms with van der Waals surface area (Å²) >= 11 is 5.97. The molecule has 0 bridgehead atoms. The molecule has 2 rings (SSSR count). The van der Waals surface area contributed by atoms with Gasteiger partial charge in [0, 0.05) is 13.6 Å². The molecule has 1 unspecified atom stereocenters. The van der Waals surface area contributed by atoms with Crippen LogP contribution < -0.4 is 10.6 Å². The summed E-state index contributed by atoms with van der Waals surface area (Å²) in [5, 5.41) is 7.07. The molecule has 0 aromatic heterocycles. The molecule has 14 heavy (non-hydrogen) atoms. The SMILES string of the molecule is CNC1NC(Cl)=CC2=C1CN(C)C=C2. The number of hydrogen-bond acceptors (Lipinski definition) is 3. The summed E-state index contributed by atoms with van der Waals surface area (Å²) < 4.78 is 0. The molecule has 0 saturated carbocycles. The second-order valence-electron chi connectivity index (χ2n) is 3.57. The number of allylic oxidation sites excluding steroid dienone is 3. The molecule has 2 heterocycles. The van der Waals surface area contributed by atoms with Crippen molar-refractivity contribution in [3.8, 4) is 0 Å². The van der Waals surface area contributed by atoms with E-state index in [4.69, 9.17) is 11.6 Å². The van der Waals surface area contributed by atoms with Crippen molar-refractivity contribution in [3.63, 3.8) is 0 Å². The van der Waals surface area contributed by atoms with Crippen LogP contribution in [0.15, 0.2) is 34.7 Å². The van der Waals surface area contributed by atoms with Crippen LogP contribution in [0.1, 0.15) is 0 Å². The van der Waals surface area contributed by atoms with Crippen molar-refractivity contribution >= 4 is 11.6 Å². The third-order valence-electron chi connectivity index (χ3n) is 2.50. The van der Waals surface area contributed by atoms with Crippen molar-refractivity contribution in [1.29, 1.82) is 0 Å². The Kier molecular flexibility index (Phi) is 2.52. The average molecular weight is 212 g/mol. The lowest BCUT2D eigenvalue weighted by Gasteiger charge is -2.32. The molecule has 0 aromatic carbocycles. The number of likely N-dealkylation sites (N-methyl/N-ethyl adjacent to an activating group) is 2. The molecule has 2 N–H and O–H groups in total. The van der Waals surface area contributed by atoms with Crippen LogP contribution in [-0.2, 0) is 0 Å². The van der Waals surface area contributed by atoms with Crippen LogP contribution in [0.3, 0.4) is 0 Å². The molecule has 0 amide bonds. The van der Waals surface area contributed by atoms with E-state index in [1.54, 1.807) is 0 Å². The van der Waals surface area contributed by atoms with Gasteiger partial charge in [-0.1, -0.05) is 11.6 Å². The van der Waals surface area contributed by atoms with E-state index in [1.165, 1.54) is 11.1 Å². The third kappa shape index (κ3) is 1.65. The number of nitrogens with one attached hydrogen (secondary N) is 2. The molecule has 2 aliphatic rings. The van der Waals surface area contributed by atoms with Crippen LogP contribution >= 0.6 is 11.6 Å². The highest BCUT2D eigenvalue weighted by molar-refractivity contribution is 6.29. The lowest BCUT2D eigenvalue weighted by atomic mass is 10.00. The van der Waals surface area contributed by atoms with Crippen molar-refractivity contribution in [2.45, 2.75) is 6.17 Å². The molecule has 0 saturated heterocycles. The first-order chi connectivity index (χ1) is 6.70. The molecule has 1 atom stereocenters. The van der Waals surface area contributed by atoms with E-state index in [0.717, 1.165) is 6.54 Å². The number of hydrogen-bond donors (Lipinski definition) is 2. The van der Waals surface area contributed by atoms with Crippen molar-refractivity contribution in [3.05, 3.63) is 34.7 Å². The first-order valence-electron chi connectivity index (χ1n) is 4.63. The smallest absolute Gasteiger partial charge is 0.104 e. The standard InChI is InChI=1S/C10H14ClN3/c1-12-10-8-6-14(2)4-3-7(8)5-9(11)13-10/h3-5,10,12-13H,6H2,1-2H3. The summed E-state index contributed by atoms with van der Waals surface area (Å²) in [5.74, 6) is 0. The third-order valence-corrected chi connectivity index (χ3v) is 2.72. The van der Waals surface area contributed by atoms with Gasteiger partial charge in [0.15, 0.2) is 0 Å². The maximum atomic E-state index is 5.97. The molecule has 0 radical (unpaired) electrons. The summed E-state index contributed by atoms with van der Waals surface area (Å²) in [6, 6.07) is 0. The number of nitrogens with zero attached hydrogens (tertiary/aromatic N) is 1. The van der Waals surface area contributed by atoms with E-state index in [1.807, 2.05) is 13.1 Å². The van der Waals surface area contributed by atoms with Gasteiger partial charge in [0.25, 0.3) is 0 Å². The predicted octanol–water partition coefficient (Wildman–Crippen LogP) is 0.971. The number of halogens is 1. The summed E-state index contributed by atoms with van der Waals surface area (Å²) in [6.07, 6.45) is 6.27. The highest BCUT2D eigenvalue weighted by Gasteiger charge is 2.22. The van der Waals surface area contributed by atoms with E-state index < -0.39 is 0 Å². The number of dihydropyridines is 1. The Hall–Kier alpha value is -0.930. The van der Waals surface area contributed by atoms with Crippen LogP contribution in [0, 0.1) is 0 Å². The molecule has 76 valence electrons. The summed E-state index contributed by atoms with van der Waals surface area (Å²) in [5.41, 5.74) is 2.55. The van der Waals surface area contributed by atoms with E-state index in [2.05, 4.69) is 34.9 Å². The Balaban J connectivity index is 2.34. The predicted molar refractivity (Wildman–Crippen MR) is 58.7 cm³/mol. The molecular weight excluding hydrogens is 198 g/mol. The van der Waals surface area contributed by atoms with Crippen LogP contribution in [0.4, 0.5) is 0 Å². The van der Waals surface area contributed by atoms with E-state index in [9.17, 15) is 0 Å². The van der Waals surface area contributed by atoms with Crippen molar-refractivity contribution < 1.29 is 0 Å². The van der Waals surface area contributed by atoms with Gasteiger partial charge >= 0.3 is 0 Å². The fraction of sp³-hybridized carbons (Fsp3) is 0.400. The monoisotopic (exact) mass is 211 g/mol. The molecule has 0 aromatic rings. The normalized spacial score (nSPS) is 25.8. The highest BCUT2D eigenvalue weighted by atomic mass is 35.5. The average Bonchev–Trinajstić information content (AvgIpc) is 2.17. The summed E-state index contributed by atoms with van der Waals surface area (Å²) in [6.45, 7) is 0.936. The quantitative estimate of drug-likeness (QED) is 0.633. The Morgan fingerprint density at radius 3 is 3.14 bits per heavy atom. The van der Waals surface area contributed by atoms with Crippen LogP contribution in [-0.4, -0.2) is 31.7 Å².